The highest BCUT2D eigenvalue weighted by molar-refractivity contribution is 7.14. The summed E-state index contributed by atoms with van der Waals surface area (Å²) in [5.41, 5.74) is 0.177. The molecule has 0 saturated carbocycles. The number of carbonyl (C=O) groups excluding carboxylic acids is 2. The van der Waals surface area contributed by atoms with Gasteiger partial charge in [0.15, 0.2) is 5.13 Å². The fourth-order valence-electron chi connectivity index (χ4n) is 2.17. The SMILES string of the molecule is O=C(Nc1nc(C(=O)NCc2c(F)cccc2F)cs1)c1ccc(Cl)cc1. The van der Waals surface area contributed by atoms with E-state index in [1.165, 1.54) is 11.4 Å². The van der Waals surface area contributed by atoms with Crippen LogP contribution in [-0.4, -0.2) is 16.8 Å². The summed E-state index contributed by atoms with van der Waals surface area (Å²) in [6.07, 6.45) is 0. The molecule has 9 heteroatoms. The van der Waals surface area contributed by atoms with E-state index >= 15 is 0 Å². The number of halogens is 3. The molecular weight excluding hydrogens is 396 g/mol. The number of amides is 2. The number of anilines is 1. The maximum absolute atomic E-state index is 13.6. The fourth-order valence-corrected chi connectivity index (χ4v) is 2.98. The van der Waals surface area contributed by atoms with E-state index in [4.69, 9.17) is 11.6 Å². The molecule has 0 spiro atoms. The molecule has 0 aliphatic rings. The summed E-state index contributed by atoms with van der Waals surface area (Å²) in [6.45, 7) is -0.318. The average Bonchev–Trinajstić information content (AvgIpc) is 3.10. The first kappa shape index (κ1) is 18.9. The summed E-state index contributed by atoms with van der Waals surface area (Å²) in [4.78, 5) is 28.2. The van der Waals surface area contributed by atoms with Gasteiger partial charge in [0.1, 0.15) is 17.3 Å². The van der Waals surface area contributed by atoms with E-state index in [0.717, 1.165) is 23.5 Å². The van der Waals surface area contributed by atoms with Crippen molar-refractivity contribution < 1.29 is 18.4 Å². The Morgan fingerprint density at radius 1 is 1.04 bits per heavy atom. The molecule has 0 saturated heterocycles. The topological polar surface area (TPSA) is 71.1 Å². The Kier molecular flexibility index (Phi) is 5.78. The van der Waals surface area contributed by atoms with Crippen molar-refractivity contribution in [3.63, 3.8) is 0 Å². The summed E-state index contributed by atoms with van der Waals surface area (Å²) < 4.78 is 27.2. The first-order chi connectivity index (χ1) is 12.9. The number of nitrogens with zero attached hydrogens (tertiary/aromatic N) is 1. The molecule has 1 heterocycles. The summed E-state index contributed by atoms with van der Waals surface area (Å²) in [6, 6.07) is 9.74. The number of benzene rings is 2. The Balaban J connectivity index is 1.62. The van der Waals surface area contributed by atoms with Crippen molar-refractivity contribution in [2.24, 2.45) is 0 Å². The Labute approximate surface area is 162 Å². The van der Waals surface area contributed by atoms with Gasteiger partial charge in [0.2, 0.25) is 0 Å². The molecule has 0 atom stereocenters. The monoisotopic (exact) mass is 407 g/mol. The number of nitrogens with one attached hydrogen (secondary N) is 2. The molecule has 2 aromatic carbocycles. The molecule has 0 bridgehead atoms. The van der Waals surface area contributed by atoms with Gasteiger partial charge in [-0.15, -0.1) is 11.3 Å². The van der Waals surface area contributed by atoms with Gasteiger partial charge in [-0.1, -0.05) is 17.7 Å². The van der Waals surface area contributed by atoms with Crippen molar-refractivity contribution in [2.45, 2.75) is 6.54 Å². The van der Waals surface area contributed by atoms with E-state index in [9.17, 15) is 18.4 Å². The molecule has 0 radical (unpaired) electrons. The van der Waals surface area contributed by atoms with Crippen molar-refractivity contribution >= 4 is 39.9 Å². The lowest BCUT2D eigenvalue weighted by Crippen LogP contribution is -2.24. The van der Waals surface area contributed by atoms with Crippen LogP contribution in [0.2, 0.25) is 5.02 Å². The molecule has 0 aliphatic carbocycles. The number of carbonyl (C=O) groups is 2. The first-order valence-corrected chi connectivity index (χ1v) is 8.93. The minimum Gasteiger partial charge on any atom is -0.346 e. The molecule has 1 aromatic heterocycles. The van der Waals surface area contributed by atoms with Crippen LogP contribution in [0.15, 0.2) is 47.8 Å². The van der Waals surface area contributed by atoms with Crippen LogP contribution in [-0.2, 0) is 6.54 Å². The highest BCUT2D eigenvalue weighted by Crippen LogP contribution is 2.18. The Bertz CT molecular complexity index is 972. The molecule has 27 heavy (non-hydrogen) atoms. The third-order valence-electron chi connectivity index (χ3n) is 3.55. The molecule has 3 rings (SSSR count). The minimum absolute atomic E-state index is 0.0307. The van der Waals surface area contributed by atoms with Crippen LogP contribution in [0.3, 0.4) is 0 Å². The average molecular weight is 408 g/mol. The standard InChI is InChI=1S/C18H12ClF2N3O2S/c19-11-6-4-10(5-7-11)16(25)24-18-23-15(9-27-18)17(26)22-8-12-13(20)2-1-3-14(12)21/h1-7,9H,8H2,(H,22,26)(H,23,24,25). The molecule has 5 nitrogen and oxygen atoms in total. The van der Waals surface area contributed by atoms with E-state index in [-0.39, 0.29) is 22.9 Å². The van der Waals surface area contributed by atoms with Gasteiger partial charge in [-0.2, -0.15) is 0 Å². The van der Waals surface area contributed by atoms with Crippen LogP contribution >= 0.6 is 22.9 Å². The smallest absolute Gasteiger partial charge is 0.271 e. The second kappa shape index (κ2) is 8.24. The second-order valence-corrected chi connectivity index (χ2v) is 6.68. The quantitative estimate of drug-likeness (QED) is 0.664. The molecule has 0 fully saturated rings. The van der Waals surface area contributed by atoms with Gasteiger partial charge in [-0.25, -0.2) is 13.8 Å². The van der Waals surface area contributed by atoms with Crippen LogP contribution in [0.5, 0.6) is 0 Å². The zero-order valence-electron chi connectivity index (χ0n) is 13.6. The van der Waals surface area contributed by atoms with Crippen molar-refractivity contribution in [1.82, 2.24) is 10.3 Å². The molecule has 138 valence electrons. The van der Waals surface area contributed by atoms with Crippen LogP contribution < -0.4 is 10.6 Å². The zero-order chi connectivity index (χ0) is 19.4. The van der Waals surface area contributed by atoms with Crippen molar-refractivity contribution in [2.75, 3.05) is 5.32 Å². The summed E-state index contributed by atoms with van der Waals surface area (Å²) in [5.74, 6) is -2.50. The predicted molar refractivity (Wildman–Crippen MR) is 99.0 cm³/mol. The van der Waals surface area contributed by atoms with Gasteiger partial charge in [0, 0.05) is 28.1 Å². The summed E-state index contributed by atoms with van der Waals surface area (Å²) in [7, 11) is 0. The number of rotatable bonds is 5. The van der Waals surface area contributed by atoms with Crippen LogP contribution in [0.1, 0.15) is 26.4 Å². The first-order valence-electron chi connectivity index (χ1n) is 7.67. The zero-order valence-corrected chi connectivity index (χ0v) is 15.2. The fraction of sp³-hybridized carbons (Fsp3) is 0.0556. The van der Waals surface area contributed by atoms with Gasteiger partial charge in [-0.05, 0) is 36.4 Å². The number of hydrogen-bond acceptors (Lipinski definition) is 4. The lowest BCUT2D eigenvalue weighted by atomic mass is 10.2. The lowest BCUT2D eigenvalue weighted by Gasteiger charge is -2.06. The van der Waals surface area contributed by atoms with E-state index in [0.29, 0.717) is 10.6 Å². The Morgan fingerprint density at radius 2 is 1.70 bits per heavy atom. The molecule has 3 aromatic rings. The number of thiazole rings is 1. The molecule has 0 aliphatic heterocycles. The van der Waals surface area contributed by atoms with Crippen molar-refractivity contribution in [3.8, 4) is 0 Å². The third-order valence-corrected chi connectivity index (χ3v) is 4.56. The van der Waals surface area contributed by atoms with E-state index in [1.807, 2.05) is 0 Å². The molecular formula is C18H12ClF2N3O2S. The maximum Gasteiger partial charge on any atom is 0.271 e. The second-order valence-electron chi connectivity index (χ2n) is 5.38. The van der Waals surface area contributed by atoms with Crippen molar-refractivity contribution in [1.29, 1.82) is 0 Å². The van der Waals surface area contributed by atoms with Gasteiger partial charge in [0.05, 0.1) is 0 Å². The number of aromatic nitrogens is 1. The van der Waals surface area contributed by atoms with Crippen LogP contribution in [0, 0.1) is 11.6 Å². The highest BCUT2D eigenvalue weighted by Gasteiger charge is 2.15. The summed E-state index contributed by atoms with van der Waals surface area (Å²) >= 11 is 6.83. The van der Waals surface area contributed by atoms with E-state index in [1.54, 1.807) is 24.3 Å². The minimum atomic E-state index is -0.746. The molecule has 2 amide bonds. The van der Waals surface area contributed by atoms with Gasteiger partial charge >= 0.3 is 0 Å². The van der Waals surface area contributed by atoms with Crippen LogP contribution in [0.25, 0.3) is 0 Å². The van der Waals surface area contributed by atoms with E-state index in [2.05, 4.69) is 15.6 Å². The number of hydrogen-bond donors (Lipinski definition) is 2. The van der Waals surface area contributed by atoms with E-state index < -0.39 is 23.4 Å². The molecule has 0 unspecified atom stereocenters. The molecule has 2 N–H and O–H groups in total. The Morgan fingerprint density at radius 3 is 2.37 bits per heavy atom. The van der Waals surface area contributed by atoms with Gasteiger partial charge < -0.3 is 5.32 Å². The largest absolute Gasteiger partial charge is 0.346 e. The van der Waals surface area contributed by atoms with Gasteiger partial charge in [0.25, 0.3) is 11.8 Å². The third kappa shape index (κ3) is 4.66. The lowest BCUT2D eigenvalue weighted by molar-refractivity contribution is 0.0944. The Hall–Kier alpha value is -2.84. The summed E-state index contributed by atoms with van der Waals surface area (Å²) in [5, 5.41) is 7.13. The van der Waals surface area contributed by atoms with Crippen LogP contribution in [0.4, 0.5) is 13.9 Å². The van der Waals surface area contributed by atoms with Gasteiger partial charge in [-0.3, -0.25) is 14.9 Å². The highest BCUT2D eigenvalue weighted by atomic mass is 35.5. The van der Waals surface area contributed by atoms with Crippen molar-refractivity contribution in [3.05, 3.63) is 81.3 Å². The maximum atomic E-state index is 13.6. The normalized spacial score (nSPS) is 10.5. The predicted octanol–water partition coefficient (Wildman–Crippen LogP) is 4.26.